The lowest BCUT2D eigenvalue weighted by Crippen LogP contribution is -2.58. The SMILES string of the molecule is CC.CCC[C@H](CC(=O)[C@@H]1[C@H]2CCC[C@H]2CN1C(=O)C(NC(=O)[C@@H](CC(=O)c1cnccn1)C1CCCCC1)C(C)(C)C)C(=O)C(=O)CC1CC1. The van der Waals surface area contributed by atoms with Gasteiger partial charge in [-0.15, -0.1) is 0 Å². The lowest BCUT2D eigenvalue weighted by molar-refractivity contribution is -0.146. The van der Waals surface area contributed by atoms with Gasteiger partial charge in [0.05, 0.1) is 12.2 Å². The van der Waals surface area contributed by atoms with E-state index < -0.39 is 35.1 Å². The number of amides is 2. The number of hydrogen-bond donors (Lipinski definition) is 1. The van der Waals surface area contributed by atoms with E-state index in [1.807, 2.05) is 41.5 Å². The number of Topliss-reactive ketones (excluding diaryl/α,β-unsaturated/α-hetero) is 4. The molecule has 10 heteroatoms. The summed E-state index contributed by atoms with van der Waals surface area (Å²) in [5.41, 5.74) is -0.460. The van der Waals surface area contributed by atoms with Crippen molar-refractivity contribution in [3.05, 3.63) is 24.3 Å². The number of carbonyl (C=O) groups is 6. The fourth-order valence-corrected chi connectivity index (χ4v) is 8.72. The van der Waals surface area contributed by atoms with E-state index in [4.69, 9.17) is 0 Å². The second-order valence-electron chi connectivity index (χ2n) is 16.4. The third-order valence-electron chi connectivity index (χ3n) is 11.6. The van der Waals surface area contributed by atoms with Gasteiger partial charge in [-0.1, -0.05) is 73.6 Å². The Morgan fingerprint density at radius 1 is 0.902 bits per heavy atom. The van der Waals surface area contributed by atoms with Gasteiger partial charge in [0.25, 0.3) is 0 Å². The van der Waals surface area contributed by atoms with Gasteiger partial charge in [0.1, 0.15) is 11.7 Å². The summed E-state index contributed by atoms with van der Waals surface area (Å²) in [7, 11) is 0. The van der Waals surface area contributed by atoms with Crippen LogP contribution in [0.25, 0.3) is 0 Å². The highest BCUT2D eigenvalue weighted by atomic mass is 16.2. The molecule has 0 spiro atoms. The second kappa shape index (κ2) is 18.5. The maximum Gasteiger partial charge on any atom is 0.246 e. The van der Waals surface area contributed by atoms with Crippen LogP contribution in [-0.2, 0) is 24.0 Å². The van der Waals surface area contributed by atoms with Crippen molar-refractivity contribution in [1.82, 2.24) is 20.2 Å². The number of hydrogen-bond acceptors (Lipinski definition) is 8. The molecule has 3 saturated carbocycles. The first-order valence-corrected chi connectivity index (χ1v) is 19.9. The minimum atomic E-state index is -0.917. The van der Waals surface area contributed by atoms with Gasteiger partial charge >= 0.3 is 0 Å². The first kappa shape index (κ1) is 40.5. The van der Waals surface area contributed by atoms with Crippen molar-refractivity contribution in [2.24, 2.45) is 40.9 Å². The Hall–Kier alpha value is -3.30. The van der Waals surface area contributed by atoms with Crippen molar-refractivity contribution in [2.45, 2.75) is 150 Å². The zero-order valence-corrected chi connectivity index (χ0v) is 32.0. The van der Waals surface area contributed by atoms with Crippen LogP contribution in [0.15, 0.2) is 18.6 Å². The van der Waals surface area contributed by atoms with E-state index in [0.29, 0.717) is 25.3 Å². The minimum absolute atomic E-state index is 0.00639. The van der Waals surface area contributed by atoms with Gasteiger partial charge in [0.15, 0.2) is 17.3 Å². The first-order chi connectivity index (χ1) is 24.4. The van der Waals surface area contributed by atoms with E-state index in [-0.39, 0.29) is 71.9 Å². The highest BCUT2D eigenvalue weighted by Gasteiger charge is 2.52. The highest BCUT2D eigenvalue weighted by molar-refractivity contribution is 6.38. The van der Waals surface area contributed by atoms with Gasteiger partial charge in [-0.25, -0.2) is 4.98 Å². The van der Waals surface area contributed by atoms with Crippen molar-refractivity contribution >= 4 is 34.9 Å². The average Bonchev–Trinajstić information content (AvgIpc) is 3.69. The van der Waals surface area contributed by atoms with Gasteiger partial charge in [-0.05, 0) is 74.0 Å². The molecule has 1 aliphatic heterocycles. The zero-order valence-electron chi connectivity index (χ0n) is 32.0. The average molecular weight is 707 g/mol. The molecule has 2 amide bonds. The van der Waals surface area contributed by atoms with Crippen LogP contribution in [-0.4, -0.2) is 68.4 Å². The van der Waals surface area contributed by atoms with Gasteiger partial charge in [-0.2, -0.15) is 0 Å². The summed E-state index contributed by atoms with van der Waals surface area (Å²) >= 11 is 0. The van der Waals surface area contributed by atoms with Crippen LogP contribution < -0.4 is 5.32 Å². The van der Waals surface area contributed by atoms with Gasteiger partial charge < -0.3 is 10.2 Å². The van der Waals surface area contributed by atoms with Crippen LogP contribution in [0, 0.1) is 40.9 Å². The van der Waals surface area contributed by atoms with Crippen molar-refractivity contribution in [2.75, 3.05) is 6.54 Å². The minimum Gasteiger partial charge on any atom is -0.344 e. The molecule has 51 heavy (non-hydrogen) atoms. The molecule has 4 aliphatic rings. The molecular weight excluding hydrogens is 644 g/mol. The van der Waals surface area contributed by atoms with Crippen LogP contribution in [0.4, 0.5) is 0 Å². The number of likely N-dealkylation sites (tertiary alicyclic amines) is 1. The standard InChI is InChI=1S/C39H56N4O6.C2H6/c1-5-10-26(35(47)33(46)19-24-15-16-24)20-32(45)34-28-14-9-13-27(28)23-43(34)38(49)36(39(2,3)4)42-37(48)29(25-11-7-6-8-12-25)21-31(44)30-22-40-17-18-41-30;1-2/h17-18,22,24-29,34,36H,5-16,19-21,23H2,1-4H3,(H,42,48);1-2H3/t26-,27+,28+,29+,34+,36?;/m1./s1. The Morgan fingerprint density at radius 3 is 2.22 bits per heavy atom. The summed E-state index contributed by atoms with van der Waals surface area (Å²) in [6.45, 7) is 12.1. The van der Waals surface area contributed by atoms with Crippen molar-refractivity contribution in [1.29, 1.82) is 0 Å². The third kappa shape index (κ3) is 10.4. The van der Waals surface area contributed by atoms with E-state index in [9.17, 15) is 28.8 Å². The summed E-state index contributed by atoms with van der Waals surface area (Å²) in [5, 5.41) is 3.10. The molecule has 10 nitrogen and oxygen atoms in total. The summed E-state index contributed by atoms with van der Waals surface area (Å²) in [6.07, 6.45) is 15.2. The lowest BCUT2D eigenvalue weighted by Gasteiger charge is -2.38. The molecule has 1 N–H and O–H groups in total. The molecule has 0 aromatic carbocycles. The smallest absolute Gasteiger partial charge is 0.246 e. The zero-order chi connectivity index (χ0) is 37.3. The summed E-state index contributed by atoms with van der Waals surface area (Å²) in [5.74, 6) is -2.59. The van der Waals surface area contributed by atoms with Crippen LogP contribution in [0.2, 0.25) is 0 Å². The molecular formula is C41H62N4O6. The number of nitrogens with one attached hydrogen (secondary N) is 1. The fraction of sp³-hybridized carbons (Fsp3) is 0.756. The molecule has 1 saturated heterocycles. The molecule has 5 rings (SSSR count). The summed E-state index contributed by atoms with van der Waals surface area (Å²) < 4.78 is 0. The second-order valence-corrected chi connectivity index (χ2v) is 16.4. The van der Waals surface area contributed by atoms with E-state index in [2.05, 4.69) is 15.3 Å². The normalized spacial score (nSPS) is 23.6. The van der Waals surface area contributed by atoms with Crippen LogP contribution in [0.3, 0.4) is 0 Å². The van der Waals surface area contributed by atoms with Crippen molar-refractivity contribution in [3.63, 3.8) is 0 Å². The quantitative estimate of drug-likeness (QED) is 0.147. The Kier molecular flexibility index (Phi) is 14.6. The fourth-order valence-electron chi connectivity index (χ4n) is 8.72. The lowest BCUT2D eigenvalue weighted by atomic mass is 9.76. The first-order valence-electron chi connectivity index (χ1n) is 19.9. The molecule has 3 aliphatic carbocycles. The number of nitrogens with zero attached hydrogens (tertiary/aromatic N) is 3. The molecule has 6 atom stereocenters. The molecule has 0 radical (unpaired) electrons. The summed E-state index contributed by atoms with van der Waals surface area (Å²) in [6, 6.07) is -1.60. The predicted octanol–water partition coefficient (Wildman–Crippen LogP) is 6.74. The molecule has 0 bridgehead atoms. The van der Waals surface area contributed by atoms with Crippen LogP contribution >= 0.6 is 0 Å². The van der Waals surface area contributed by atoms with Crippen molar-refractivity contribution in [3.8, 4) is 0 Å². The van der Waals surface area contributed by atoms with E-state index in [0.717, 1.165) is 64.2 Å². The van der Waals surface area contributed by atoms with Crippen LogP contribution in [0.1, 0.15) is 148 Å². The van der Waals surface area contributed by atoms with Gasteiger partial charge in [-0.3, -0.25) is 33.8 Å². The summed E-state index contributed by atoms with van der Waals surface area (Å²) in [4.78, 5) is 92.3. The molecule has 4 fully saturated rings. The number of carbonyl (C=O) groups excluding carboxylic acids is 6. The molecule has 1 aromatic heterocycles. The Balaban J connectivity index is 0.00000286. The molecule has 1 aromatic rings. The maximum atomic E-state index is 14.7. The third-order valence-corrected chi connectivity index (χ3v) is 11.6. The predicted molar refractivity (Wildman–Crippen MR) is 195 cm³/mol. The van der Waals surface area contributed by atoms with Crippen molar-refractivity contribution < 1.29 is 28.8 Å². The molecule has 282 valence electrons. The Labute approximate surface area is 305 Å². The topological polar surface area (TPSA) is 143 Å². The van der Waals surface area contributed by atoms with Gasteiger partial charge in [0.2, 0.25) is 17.6 Å². The van der Waals surface area contributed by atoms with E-state index in [1.165, 1.54) is 18.6 Å². The van der Waals surface area contributed by atoms with E-state index in [1.54, 1.807) is 4.90 Å². The number of ketones is 4. The largest absolute Gasteiger partial charge is 0.344 e. The monoisotopic (exact) mass is 706 g/mol. The number of aromatic nitrogens is 2. The maximum absolute atomic E-state index is 14.7. The Morgan fingerprint density at radius 2 is 1.61 bits per heavy atom. The van der Waals surface area contributed by atoms with E-state index >= 15 is 0 Å². The van der Waals surface area contributed by atoms with Crippen LogP contribution in [0.5, 0.6) is 0 Å². The number of rotatable bonds is 16. The molecule has 1 unspecified atom stereocenters. The number of fused-ring (bicyclic) bond motifs is 1. The highest BCUT2D eigenvalue weighted by Crippen LogP contribution is 2.44. The Bertz CT molecular complexity index is 1380. The van der Waals surface area contributed by atoms with Gasteiger partial charge in [0, 0.05) is 50.0 Å². The molecule has 2 heterocycles.